The van der Waals surface area contributed by atoms with Crippen LogP contribution >= 0.6 is 0 Å². The first-order chi connectivity index (χ1) is 5.75. The normalized spacial score (nSPS) is 17.7. The lowest BCUT2D eigenvalue weighted by Gasteiger charge is -2.22. The zero-order valence-corrected chi connectivity index (χ0v) is 7.39. The lowest BCUT2D eigenvalue weighted by atomic mass is 10.3. The molecule has 0 aromatic carbocycles. The second-order valence-electron chi connectivity index (χ2n) is 3.09. The van der Waals surface area contributed by atoms with Gasteiger partial charge in [-0.15, -0.1) is 0 Å². The van der Waals surface area contributed by atoms with E-state index in [4.69, 9.17) is 4.11 Å². The second kappa shape index (κ2) is 4.69. The van der Waals surface area contributed by atoms with Crippen molar-refractivity contribution < 1.29 is 4.11 Å². The number of rotatable bonds is 4. The van der Waals surface area contributed by atoms with Crippen molar-refractivity contribution in [3.63, 3.8) is 0 Å². The minimum atomic E-state index is -1.97. The van der Waals surface area contributed by atoms with Crippen LogP contribution in [0.15, 0.2) is 0 Å². The maximum atomic E-state index is 7.30. The third-order valence-electron chi connectivity index (χ3n) is 1.41. The van der Waals surface area contributed by atoms with E-state index in [1.165, 1.54) is 4.90 Å². The highest BCUT2D eigenvalue weighted by molar-refractivity contribution is 4.57. The van der Waals surface area contributed by atoms with E-state index in [0.717, 1.165) is 6.54 Å². The molecule has 0 rings (SSSR count). The summed E-state index contributed by atoms with van der Waals surface area (Å²) in [5, 5.41) is 0. The fraction of sp³-hybridized carbons (Fsp3) is 1.00. The quantitative estimate of drug-likeness (QED) is 0.582. The van der Waals surface area contributed by atoms with Gasteiger partial charge in [0.05, 0.1) is 0 Å². The van der Waals surface area contributed by atoms with E-state index in [-0.39, 0.29) is 6.04 Å². The molecule has 0 radical (unpaired) electrons. The van der Waals surface area contributed by atoms with E-state index in [2.05, 4.69) is 0 Å². The lowest BCUT2D eigenvalue weighted by Crippen LogP contribution is -2.33. The van der Waals surface area contributed by atoms with E-state index >= 15 is 0 Å². The Morgan fingerprint density at radius 1 is 1.30 bits per heavy atom. The molecular formula is C8H20N2. The molecule has 2 heteroatoms. The van der Waals surface area contributed by atoms with Gasteiger partial charge in [-0.3, -0.25) is 0 Å². The average molecular weight is 147 g/mol. The first-order valence-electron chi connectivity index (χ1n) is 5.16. The first-order valence-corrected chi connectivity index (χ1v) is 3.66. The van der Waals surface area contributed by atoms with Crippen molar-refractivity contribution in [2.45, 2.75) is 19.9 Å². The van der Waals surface area contributed by atoms with Crippen LogP contribution in [-0.2, 0) is 0 Å². The van der Waals surface area contributed by atoms with E-state index in [1.54, 1.807) is 0 Å². The van der Waals surface area contributed by atoms with Gasteiger partial charge in [-0.05, 0) is 34.9 Å². The predicted octanol–water partition coefficient (Wildman–Crippen LogP) is 0.888. The van der Waals surface area contributed by atoms with Crippen LogP contribution < -0.4 is 0 Å². The van der Waals surface area contributed by atoms with Gasteiger partial charge >= 0.3 is 0 Å². The molecule has 0 aliphatic rings. The second-order valence-corrected chi connectivity index (χ2v) is 3.09. The van der Waals surface area contributed by atoms with Crippen LogP contribution in [0.2, 0.25) is 0 Å². The van der Waals surface area contributed by atoms with Crippen molar-refractivity contribution in [3.05, 3.63) is 0 Å². The van der Waals surface area contributed by atoms with Crippen molar-refractivity contribution in [3.8, 4) is 0 Å². The van der Waals surface area contributed by atoms with E-state index < -0.39 is 6.98 Å². The van der Waals surface area contributed by atoms with Gasteiger partial charge in [0.15, 0.2) is 0 Å². The number of hydrogen-bond donors (Lipinski definition) is 0. The van der Waals surface area contributed by atoms with Gasteiger partial charge in [0.2, 0.25) is 0 Å². The van der Waals surface area contributed by atoms with Crippen LogP contribution in [0.4, 0.5) is 0 Å². The molecule has 0 atom stereocenters. The predicted molar refractivity (Wildman–Crippen MR) is 46.3 cm³/mol. The highest BCUT2D eigenvalue weighted by atomic mass is 15.2. The highest BCUT2D eigenvalue weighted by Gasteiger charge is 2.01. The monoisotopic (exact) mass is 147 g/mol. The van der Waals surface area contributed by atoms with Crippen LogP contribution in [0.5, 0.6) is 0 Å². The maximum Gasteiger partial charge on any atom is 0.0394 e. The zero-order valence-electron chi connectivity index (χ0n) is 10.4. The van der Waals surface area contributed by atoms with Crippen LogP contribution in [0.25, 0.3) is 0 Å². The third kappa shape index (κ3) is 4.77. The van der Waals surface area contributed by atoms with Crippen LogP contribution in [0.3, 0.4) is 0 Å². The number of likely N-dealkylation sites (N-methyl/N-ethyl adjacent to an activating group) is 2. The Morgan fingerprint density at radius 2 is 1.90 bits per heavy atom. The molecule has 62 valence electrons. The van der Waals surface area contributed by atoms with Gasteiger partial charge < -0.3 is 9.80 Å². The van der Waals surface area contributed by atoms with Gasteiger partial charge in [-0.1, -0.05) is 0 Å². The molecule has 0 aromatic heterocycles. The van der Waals surface area contributed by atoms with E-state index in [1.807, 2.05) is 32.8 Å². The lowest BCUT2D eigenvalue weighted by molar-refractivity contribution is 0.241. The summed E-state index contributed by atoms with van der Waals surface area (Å²) < 4.78 is 21.9. The smallest absolute Gasteiger partial charge is 0.0394 e. The van der Waals surface area contributed by atoms with Crippen molar-refractivity contribution in [1.82, 2.24) is 9.80 Å². The summed E-state index contributed by atoms with van der Waals surface area (Å²) in [6, 6.07) is 0.0625. The minimum absolute atomic E-state index is 0.0625. The van der Waals surface area contributed by atoms with Gasteiger partial charge in [-0.25, -0.2) is 0 Å². The van der Waals surface area contributed by atoms with Gasteiger partial charge in [0.25, 0.3) is 0 Å². The summed E-state index contributed by atoms with van der Waals surface area (Å²) in [7, 11) is 3.88. The molecule has 0 aromatic rings. The molecule has 0 bridgehead atoms. The Kier molecular flexibility index (Phi) is 2.61. The average Bonchev–Trinajstić information content (AvgIpc) is 1.81. The molecule has 2 nitrogen and oxygen atoms in total. The Hall–Kier alpha value is -0.0800. The molecule has 0 saturated heterocycles. The van der Waals surface area contributed by atoms with Crippen LogP contribution in [-0.4, -0.2) is 50.0 Å². The molecule has 0 unspecified atom stereocenters. The molecule has 0 aliphatic heterocycles. The van der Waals surface area contributed by atoms with Crippen molar-refractivity contribution in [2.75, 3.05) is 34.2 Å². The first kappa shape index (κ1) is 5.56. The Labute approximate surface area is 69.0 Å². The molecule has 0 spiro atoms. The van der Waals surface area contributed by atoms with Gasteiger partial charge in [0.1, 0.15) is 0 Å². The minimum Gasteiger partial charge on any atom is -0.308 e. The van der Waals surface area contributed by atoms with E-state index in [0.29, 0.717) is 6.54 Å². The topological polar surface area (TPSA) is 6.48 Å². The summed E-state index contributed by atoms with van der Waals surface area (Å²) in [6.07, 6.45) is 0. The summed E-state index contributed by atoms with van der Waals surface area (Å²) in [5.74, 6) is 0. The zero-order chi connectivity index (χ0) is 10.6. The molecule has 0 aliphatic carbocycles. The summed E-state index contributed by atoms with van der Waals surface area (Å²) in [4.78, 5) is 3.52. The SMILES string of the molecule is [2H]C([2H])([2H])N(CCN(C)C)C(C)C. The van der Waals surface area contributed by atoms with Gasteiger partial charge in [-0.2, -0.15) is 0 Å². The fourth-order valence-corrected chi connectivity index (χ4v) is 0.566. The molecule has 0 saturated carbocycles. The molecule has 0 amide bonds. The summed E-state index contributed by atoms with van der Waals surface area (Å²) in [6.45, 7) is 3.20. The molecule has 10 heavy (non-hydrogen) atoms. The fourth-order valence-electron chi connectivity index (χ4n) is 0.566. The van der Waals surface area contributed by atoms with Crippen molar-refractivity contribution >= 4 is 0 Å². The maximum absolute atomic E-state index is 7.30. The van der Waals surface area contributed by atoms with Gasteiger partial charge in [0, 0.05) is 23.2 Å². The standard InChI is InChI=1S/C8H20N2/c1-8(2)10(5)7-6-9(3)4/h8H,6-7H2,1-5H3/i5D3. The summed E-state index contributed by atoms with van der Waals surface area (Å²) in [5.41, 5.74) is 0. The molecule has 0 heterocycles. The third-order valence-corrected chi connectivity index (χ3v) is 1.41. The molecular weight excluding hydrogens is 124 g/mol. The Morgan fingerprint density at radius 3 is 2.20 bits per heavy atom. The van der Waals surface area contributed by atoms with Crippen LogP contribution in [0, 0.1) is 0 Å². The largest absolute Gasteiger partial charge is 0.308 e. The van der Waals surface area contributed by atoms with E-state index in [9.17, 15) is 0 Å². The van der Waals surface area contributed by atoms with Crippen LogP contribution in [0.1, 0.15) is 18.0 Å². The summed E-state index contributed by atoms with van der Waals surface area (Å²) >= 11 is 0. The van der Waals surface area contributed by atoms with Crippen molar-refractivity contribution in [1.29, 1.82) is 0 Å². The highest BCUT2D eigenvalue weighted by Crippen LogP contribution is 1.91. The molecule has 0 N–H and O–H groups in total. The Bertz CT molecular complexity index is 143. The number of hydrogen-bond acceptors (Lipinski definition) is 2. The number of nitrogens with zero attached hydrogens (tertiary/aromatic N) is 2. The molecule has 0 fully saturated rings. The van der Waals surface area contributed by atoms with Crippen molar-refractivity contribution in [2.24, 2.45) is 0 Å². The Balaban J connectivity index is 4.12.